The minimum atomic E-state index is -0.585. The number of benzene rings is 3. The number of morpholine rings is 1. The van der Waals surface area contributed by atoms with Gasteiger partial charge in [-0.15, -0.1) is 0 Å². The second-order valence-corrected chi connectivity index (χ2v) is 8.28. The van der Waals surface area contributed by atoms with Crippen molar-refractivity contribution in [1.82, 2.24) is 5.32 Å². The van der Waals surface area contributed by atoms with Gasteiger partial charge in [0.05, 0.1) is 18.1 Å². The van der Waals surface area contributed by atoms with E-state index in [-0.39, 0.29) is 22.3 Å². The molecule has 2 amide bonds. The Morgan fingerprint density at radius 2 is 1.56 bits per heavy atom. The average Bonchev–Trinajstić information content (AvgIpc) is 2.89. The molecule has 0 unspecified atom stereocenters. The molecule has 0 aromatic heterocycles. The Bertz CT molecular complexity index is 1300. The molecule has 0 saturated carbocycles. The number of carbonyl (C=O) groups is 2. The summed E-state index contributed by atoms with van der Waals surface area (Å²) in [7, 11) is 0. The molecular weight excluding hydrogens is 482 g/mol. The largest absolute Gasteiger partial charge is 0.378 e. The molecule has 0 spiro atoms. The van der Waals surface area contributed by atoms with Crippen molar-refractivity contribution in [3.8, 4) is 0 Å². The number of thiocarbonyl (C=S) groups is 1. The molecule has 1 heterocycles. The van der Waals surface area contributed by atoms with Crippen molar-refractivity contribution in [2.45, 2.75) is 0 Å². The summed E-state index contributed by atoms with van der Waals surface area (Å²) in [5.41, 5.74) is 1.98. The van der Waals surface area contributed by atoms with E-state index in [1.54, 1.807) is 54.6 Å². The van der Waals surface area contributed by atoms with Crippen molar-refractivity contribution in [2.75, 3.05) is 41.8 Å². The first kappa shape index (κ1) is 24.8. The lowest BCUT2D eigenvalue weighted by Gasteiger charge is -2.28. The van der Waals surface area contributed by atoms with Crippen LogP contribution in [0.1, 0.15) is 20.7 Å². The van der Waals surface area contributed by atoms with Gasteiger partial charge >= 0.3 is 0 Å². The highest BCUT2D eigenvalue weighted by Gasteiger charge is 2.23. The van der Waals surface area contributed by atoms with E-state index in [2.05, 4.69) is 16.0 Å². The predicted octanol–water partition coefficient (Wildman–Crippen LogP) is 3.81. The second kappa shape index (κ2) is 11.4. The van der Waals surface area contributed by atoms with E-state index in [9.17, 15) is 19.7 Å². The minimum Gasteiger partial charge on any atom is -0.378 e. The van der Waals surface area contributed by atoms with Crippen molar-refractivity contribution in [3.05, 3.63) is 94.0 Å². The third kappa shape index (κ3) is 6.20. The van der Waals surface area contributed by atoms with E-state index < -0.39 is 10.8 Å². The number of ether oxygens (including phenoxy) is 1. The van der Waals surface area contributed by atoms with E-state index in [1.165, 1.54) is 12.1 Å². The van der Waals surface area contributed by atoms with Gasteiger partial charge in [-0.25, -0.2) is 0 Å². The molecule has 36 heavy (non-hydrogen) atoms. The smallest absolute Gasteiger partial charge is 0.293 e. The maximum Gasteiger partial charge on any atom is 0.293 e. The Hall–Kier alpha value is -4.35. The maximum absolute atomic E-state index is 12.7. The Kier molecular flexibility index (Phi) is 7.83. The molecule has 1 aliphatic rings. The van der Waals surface area contributed by atoms with Crippen LogP contribution >= 0.6 is 12.2 Å². The van der Waals surface area contributed by atoms with Gasteiger partial charge in [-0.2, -0.15) is 0 Å². The topological polar surface area (TPSA) is 126 Å². The van der Waals surface area contributed by atoms with E-state index in [4.69, 9.17) is 17.0 Å². The molecule has 0 aliphatic carbocycles. The number of nitro benzene ring substituents is 1. The standard InChI is InChI=1S/C25H23N5O5S/c31-23(17-5-2-1-3-6-17)26-19-7-4-8-20(16-19)27-25(36)28-24(32)18-9-10-21(22(15-18)30(33)34)29-11-13-35-14-12-29/h1-10,15-16H,11-14H2,(H,26,31)(H2,27,28,32,36). The quantitative estimate of drug-likeness (QED) is 0.262. The van der Waals surface area contributed by atoms with E-state index in [0.717, 1.165) is 0 Å². The SMILES string of the molecule is O=C(NC(=S)Nc1cccc(NC(=O)c2ccccc2)c1)c1ccc(N2CCOCC2)c([N+](=O)[O-])c1. The first-order chi connectivity index (χ1) is 17.4. The zero-order valence-corrected chi connectivity index (χ0v) is 19.9. The monoisotopic (exact) mass is 505 g/mol. The van der Waals surface area contributed by atoms with Crippen LogP contribution in [0.15, 0.2) is 72.8 Å². The highest BCUT2D eigenvalue weighted by molar-refractivity contribution is 7.80. The molecular formula is C25H23N5O5S. The summed E-state index contributed by atoms with van der Waals surface area (Å²) < 4.78 is 5.30. The number of nitro groups is 1. The number of hydrogen-bond donors (Lipinski definition) is 3. The lowest BCUT2D eigenvalue weighted by molar-refractivity contribution is -0.384. The lowest BCUT2D eigenvalue weighted by Crippen LogP contribution is -2.37. The number of rotatable bonds is 6. The highest BCUT2D eigenvalue weighted by Crippen LogP contribution is 2.30. The van der Waals surface area contributed by atoms with Gasteiger partial charge in [0.1, 0.15) is 5.69 Å². The number of hydrogen-bond acceptors (Lipinski definition) is 7. The van der Waals surface area contributed by atoms with Crippen LogP contribution in [0.25, 0.3) is 0 Å². The van der Waals surface area contributed by atoms with Gasteiger partial charge in [0.25, 0.3) is 17.5 Å². The predicted molar refractivity (Wildman–Crippen MR) is 141 cm³/mol. The van der Waals surface area contributed by atoms with Gasteiger partial charge in [-0.05, 0) is 54.7 Å². The summed E-state index contributed by atoms with van der Waals surface area (Å²) in [6, 6.07) is 20.0. The molecule has 0 atom stereocenters. The summed E-state index contributed by atoms with van der Waals surface area (Å²) in [6.07, 6.45) is 0. The molecule has 10 nitrogen and oxygen atoms in total. The first-order valence-electron chi connectivity index (χ1n) is 11.1. The van der Waals surface area contributed by atoms with E-state index in [1.807, 2.05) is 11.0 Å². The minimum absolute atomic E-state index is 0.00597. The first-order valence-corrected chi connectivity index (χ1v) is 11.5. The number of nitrogens with zero attached hydrogens (tertiary/aromatic N) is 2. The van der Waals surface area contributed by atoms with Crippen LogP contribution in [-0.2, 0) is 4.74 Å². The summed E-state index contributed by atoms with van der Waals surface area (Å²) in [5.74, 6) is -0.844. The van der Waals surface area contributed by atoms with Crippen molar-refractivity contribution in [1.29, 1.82) is 0 Å². The molecule has 3 N–H and O–H groups in total. The summed E-state index contributed by atoms with van der Waals surface area (Å²) in [6.45, 7) is 2.03. The van der Waals surface area contributed by atoms with Gasteiger partial charge in [-0.3, -0.25) is 25.0 Å². The Labute approximate surface area is 212 Å². The number of carbonyl (C=O) groups excluding carboxylic acids is 2. The second-order valence-electron chi connectivity index (χ2n) is 7.87. The Morgan fingerprint density at radius 3 is 2.25 bits per heavy atom. The molecule has 3 aromatic rings. The lowest BCUT2D eigenvalue weighted by atomic mass is 10.1. The fraction of sp³-hybridized carbons (Fsp3) is 0.160. The highest BCUT2D eigenvalue weighted by atomic mass is 32.1. The van der Waals surface area contributed by atoms with E-state index >= 15 is 0 Å². The van der Waals surface area contributed by atoms with Crippen LogP contribution in [0, 0.1) is 10.1 Å². The van der Waals surface area contributed by atoms with Gasteiger partial charge in [0.2, 0.25) is 0 Å². The van der Waals surface area contributed by atoms with Crippen LogP contribution in [-0.4, -0.2) is 48.2 Å². The number of nitrogens with one attached hydrogen (secondary N) is 3. The molecule has 4 rings (SSSR count). The van der Waals surface area contributed by atoms with Crippen LogP contribution in [0.2, 0.25) is 0 Å². The van der Waals surface area contributed by atoms with Gasteiger partial charge in [0, 0.05) is 41.7 Å². The third-order valence-electron chi connectivity index (χ3n) is 5.43. The number of anilines is 3. The summed E-state index contributed by atoms with van der Waals surface area (Å²) >= 11 is 5.25. The molecule has 1 saturated heterocycles. The summed E-state index contributed by atoms with van der Waals surface area (Å²) in [4.78, 5) is 38.1. The molecule has 0 bridgehead atoms. The van der Waals surface area contributed by atoms with Crippen molar-refractivity contribution >= 4 is 51.9 Å². The fourth-order valence-electron chi connectivity index (χ4n) is 3.69. The molecule has 3 aromatic carbocycles. The van der Waals surface area contributed by atoms with Crippen molar-refractivity contribution < 1.29 is 19.2 Å². The molecule has 1 fully saturated rings. The van der Waals surface area contributed by atoms with Gasteiger partial charge < -0.3 is 20.3 Å². The zero-order valence-electron chi connectivity index (χ0n) is 19.1. The maximum atomic E-state index is 12.7. The molecule has 11 heteroatoms. The fourth-order valence-corrected chi connectivity index (χ4v) is 3.90. The third-order valence-corrected chi connectivity index (χ3v) is 5.63. The van der Waals surface area contributed by atoms with E-state index in [0.29, 0.717) is 48.9 Å². The van der Waals surface area contributed by atoms with Gasteiger partial charge in [0.15, 0.2) is 5.11 Å². The molecule has 1 aliphatic heterocycles. The van der Waals surface area contributed by atoms with Crippen LogP contribution < -0.4 is 20.9 Å². The Morgan fingerprint density at radius 1 is 0.861 bits per heavy atom. The zero-order chi connectivity index (χ0) is 25.5. The van der Waals surface area contributed by atoms with Crippen LogP contribution in [0.4, 0.5) is 22.7 Å². The van der Waals surface area contributed by atoms with Crippen LogP contribution in [0.3, 0.4) is 0 Å². The van der Waals surface area contributed by atoms with Crippen LogP contribution in [0.5, 0.6) is 0 Å². The average molecular weight is 506 g/mol. The molecule has 184 valence electrons. The van der Waals surface area contributed by atoms with Crippen molar-refractivity contribution in [3.63, 3.8) is 0 Å². The Balaban J connectivity index is 1.40. The van der Waals surface area contributed by atoms with Gasteiger partial charge in [-0.1, -0.05) is 24.3 Å². The normalized spacial score (nSPS) is 12.9. The van der Waals surface area contributed by atoms with Crippen molar-refractivity contribution in [2.24, 2.45) is 0 Å². The molecule has 0 radical (unpaired) electrons. The number of amides is 2. The summed E-state index contributed by atoms with van der Waals surface area (Å²) in [5, 5.41) is 19.9.